The Balaban J connectivity index is 1.69. The third-order valence-electron chi connectivity index (χ3n) is 3.30. The molecule has 0 aromatic carbocycles. The maximum absolute atomic E-state index is 4.29. The van der Waals surface area contributed by atoms with Crippen molar-refractivity contribution in [3.8, 4) is 0 Å². The zero-order chi connectivity index (χ0) is 11.9. The maximum atomic E-state index is 4.29. The zero-order valence-corrected chi connectivity index (χ0v) is 10.6. The average Bonchev–Trinajstić information content (AvgIpc) is 2.41. The highest BCUT2D eigenvalue weighted by Gasteiger charge is 2.11. The lowest BCUT2D eigenvalue weighted by Gasteiger charge is -2.23. The van der Waals surface area contributed by atoms with Gasteiger partial charge in [0.15, 0.2) is 0 Å². The van der Waals surface area contributed by atoms with Gasteiger partial charge in [-0.25, -0.2) is 9.97 Å². The van der Waals surface area contributed by atoms with Crippen molar-refractivity contribution >= 4 is 5.95 Å². The van der Waals surface area contributed by atoms with E-state index < -0.39 is 0 Å². The maximum Gasteiger partial charge on any atom is 0.222 e. The number of hydrogen-bond acceptors (Lipinski definition) is 4. The highest BCUT2D eigenvalue weighted by Crippen LogP contribution is 2.10. The van der Waals surface area contributed by atoms with E-state index in [1.165, 1.54) is 31.4 Å². The van der Waals surface area contributed by atoms with Gasteiger partial charge in [0.2, 0.25) is 5.95 Å². The van der Waals surface area contributed by atoms with Gasteiger partial charge in [-0.3, -0.25) is 0 Å². The van der Waals surface area contributed by atoms with Crippen LogP contribution < -0.4 is 10.6 Å². The van der Waals surface area contributed by atoms with Gasteiger partial charge in [-0.05, 0) is 37.8 Å². The van der Waals surface area contributed by atoms with E-state index in [4.69, 9.17) is 0 Å². The van der Waals surface area contributed by atoms with Crippen molar-refractivity contribution < 1.29 is 0 Å². The molecule has 4 heteroatoms. The van der Waals surface area contributed by atoms with Crippen LogP contribution in [0.25, 0.3) is 0 Å². The molecule has 2 N–H and O–H groups in total. The van der Waals surface area contributed by atoms with E-state index in [-0.39, 0.29) is 0 Å². The molecule has 2 heterocycles. The fourth-order valence-electron chi connectivity index (χ4n) is 2.16. The van der Waals surface area contributed by atoms with Crippen LogP contribution in [-0.4, -0.2) is 29.1 Å². The highest BCUT2D eigenvalue weighted by molar-refractivity contribution is 5.24. The molecule has 1 atom stereocenters. The van der Waals surface area contributed by atoms with Crippen molar-refractivity contribution in [2.75, 3.05) is 18.4 Å². The summed E-state index contributed by atoms with van der Waals surface area (Å²) in [6, 6.07) is 0.672. The molecule has 2 rings (SSSR count). The molecule has 1 aromatic heterocycles. The molecule has 0 radical (unpaired) electrons. The van der Waals surface area contributed by atoms with E-state index in [1.54, 1.807) is 0 Å². The lowest BCUT2D eigenvalue weighted by atomic mass is 10.0. The molecule has 0 bridgehead atoms. The summed E-state index contributed by atoms with van der Waals surface area (Å²) in [6.45, 7) is 4.23. The number of nitrogens with zero attached hydrogens (tertiary/aromatic N) is 2. The third kappa shape index (κ3) is 3.97. The minimum atomic E-state index is 0.672. The Hall–Kier alpha value is -1.16. The number of hydrogen-bond donors (Lipinski definition) is 2. The van der Waals surface area contributed by atoms with Crippen LogP contribution in [0.4, 0.5) is 5.95 Å². The molecule has 1 aliphatic heterocycles. The normalized spacial score (nSPS) is 20.2. The summed E-state index contributed by atoms with van der Waals surface area (Å²) in [5.74, 6) is 0.748. The van der Waals surface area contributed by atoms with Crippen molar-refractivity contribution in [2.45, 2.75) is 45.1 Å². The number of aryl methyl sites for hydroxylation is 1. The Labute approximate surface area is 103 Å². The van der Waals surface area contributed by atoms with Gasteiger partial charge in [0.25, 0.3) is 0 Å². The van der Waals surface area contributed by atoms with Crippen molar-refractivity contribution in [3.05, 3.63) is 18.0 Å². The monoisotopic (exact) mass is 234 g/mol. The van der Waals surface area contributed by atoms with Gasteiger partial charge in [-0.2, -0.15) is 0 Å². The van der Waals surface area contributed by atoms with Gasteiger partial charge in [0.05, 0.1) is 0 Å². The number of rotatable bonds is 5. The first kappa shape index (κ1) is 12.3. The van der Waals surface area contributed by atoms with E-state index in [9.17, 15) is 0 Å². The van der Waals surface area contributed by atoms with Crippen LogP contribution in [0.1, 0.15) is 38.2 Å². The average molecular weight is 234 g/mol. The second kappa shape index (κ2) is 6.55. The lowest BCUT2D eigenvalue weighted by Crippen LogP contribution is -2.35. The summed E-state index contributed by atoms with van der Waals surface area (Å²) in [5, 5.41) is 6.82. The molecule has 0 spiro atoms. The van der Waals surface area contributed by atoms with Crippen LogP contribution in [0.5, 0.6) is 0 Å². The van der Waals surface area contributed by atoms with E-state index in [0.717, 1.165) is 25.3 Å². The smallest absolute Gasteiger partial charge is 0.222 e. The summed E-state index contributed by atoms with van der Waals surface area (Å²) in [7, 11) is 0. The quantitative estimate of drug-likeness (QED) is 0.818. The summed E-state index contributed by atoms with van der Waals surface area (Å²) in [5.41, 5.74) is 1.18. The third-order valence-corrected chi connectivity index (χ3v) is 3.30. The van der Waals surface area contributed by atoms with Crippen LogP contribution in [0.2, 0.25) is 0 Å². The van der Waals surface area contributed by atoms with Gasteiger partial charge in [-0.1, -0.05) is 13.3 Å². The predicted molar refractivity (Wildman–Crippen MR) is 70.2 cm³/mol. The van der Waals surface area contributed by atoms with Gasteiger partial charge >= 0.3 is 0 Å². The van der Waals surface area contributed by atoms with Crippen LogP contribution in [0, 0.1) is 0 Å². The summed E-state index contributed by atoms with van der Waals surface area (Å²) in [4.78, 5) is 8.58. The number of aromatic nitrogens is 2. The topological polar surface area (TPSA) is 49.8 Å². The summed E-state index contributed by atoms with van der Waals surface area (Å²) >= 11 is 0. The van der Waals surface area contributed by atoms with Crippen molar-refractivity contribution in [2.24, 2.45) is 0 Å². The molecule has 0 aliphatic carbocycles. The van der Waals surface area contributed by atoms with Crippen molar-refractivity contribution in [3.63, 3.8) is 0 Å². The summed E-state index contributed by atoms with van der Waals surface area (Å²) < 4.78 is 0. The molecular weight excluding hydrogens is 212 g/mol. The Morgan fingerprint density at radius 2 is 2.18 bits per heavy atom. The van der Waals surface area contributed by atoms with Crippen LogP contribution in [0.3, 0.4) is 0 Å². The Kier molecular flexibility index (Phi) is 4.74. The van der Waals surface area contributed by atoms with E-state index in [0.29, 0.717) is 6.04 Å². The fourth-order valence-corrected chi connectivity index (χ4v) is 2.16. The first-order valence-electron chi connectivity index (χ1n) is 6.66. The first-order valence-corrected chi connectivity index (χ1v) is 6.66. The second-order valence-electron chi connectivity index (χ2n) is 4.63. The number of piperidine rings is 1. The molecular formula is C13H22N4. The van der Waals surface area contributed by atoms with E-state index in [1.807, 2.05) is 12.4 Å². The fraction of sp³-hybridized carbons (Fsp3) is 0.692. The molecule has 1 aliphatic rings. The minimum Gasteiger partial charge on any atom is -0.354 e. The zero-order valence-electron chi connectivity index (χ0n) is 10.6. The second-order valence-corrected chi connectivity index (χ2v) is 4.63. The Morgan fingerprint density at radius 1 is 1.35 bits per heavy atom. The molecule has 1 saturated heterocycles. The standard InChI is InChI=1S/C13H22N4/c1-2-11-9-16-13(17-10-11)15-8-6-12-5-3-4-7-14-12/h9-10,12,14H,2-8H2,1H3,(H,15,16,17). The molecule has 1 aromatic rings. The highest BCUT2D eigenvalue weighted by atomic mass is 15.1. The predicted octanol–water partition coefficient (Wildman–Crippen LogP) is 1.98. The van der Waals surface area contributed by atoms with E-state index >= 15 is 0 Å². The SMILES string of the molecule is CCc1cnc(NCCC2CCCCN2)nc1. The van der Waals surface area contributed by atoms with Crippen molar-refractivity contribution in [1.82, 2.24) is 15.3 Å². The number of nitrogens with one attached hydrogen (secondary N) is 2. The van der Waals surface area contributed by atoms with E-state index in [2.05, 4.69) is 27.5 Å². The molecule has 17 heavy (non-hydrogen) atoms. The van der Waals surface area contributed by atoms with Crippen LogP contribution in [0.15, 0.2) is 12.4 Å². The Morgan fingerprint density at radius 3 is 2.82 bits per heavy atom. The van der Waals surface area contributed by atoms with Gasteiger partial charge in [0.1, 0.15) is 0 Å². The molecule has 0 amide bonds. The largest absolute Gasteiger partial charge is 0.354 e. The minimum absolute atomic E-state index is 0.672. The van der Waals surface area contributed by atoms with Crippen LogP contribution in [-0.2, 0) is 6.42 Å². The molecule has 1 unspecified atom stereocenters. The summed E-state index contributed by atoms with van der Waals surface area (Å²) in [6.07, 6.45) is 9.93. The van der Waals surface area contributed by atoms with Crippen LogP contribution >= 0.6 is 0 Å². The Bertz CT molecular complexity index is 317. The van der Waals surface area contributed by atoms with Gasteiger partial charge in [-0.15, -0.1) is 0 Å². The van der Waals surface area contributed by atoms with Gasteiger partial charge in [0, 0.05) is 25.0 Å². The molecule has 0 saturated carbocycles. The molecule has 94 valence electrons. The molecule has 4 nitrogen and oxygen atoms in total. The molecule has 1 fully saturated rings. The van der Waals surface area contributed by atoms with Crippen molar-refractivity contribution in [1.29, 1.82) is 0 Å². The van der Waals surface area contributed by atoms with Gasteiger partial charge < -0.3 is 10.6 Å². The number of anilines is 1. The first-order chi connectivity index (χ1) is 8.38. The lowest BCUT2D eigenvalue weighted by molar-refractivity contribution is 0.388.